The second-order valence-corrected chi connectivity index (χ2v) is 7.51. The molecule has 0 spiro atoms. The van der Waals surface area contributed by atoms with Crippen molar-refractivity contribution in [1.82, 2.24) is 0 Å². The van der Waals surface area contributed by atoms with Crippen molar-refractivity contribution in [2.75, 3.05) is 0 Å². The second kappa shape index (κ2) is 6.24. The van der Waals surface area contributed by atoms with Crippen LogP contribution in [0.3, 0.4) is 0 Å². The van der Waals surface area contributed by atoms with Crippen molar-refractivity contribution < 1.29 is 5.11 Å². The van der Waals surface area contributed by atoms with Gasteiger partial charge in [0.15, 0.2) is 16.3 Å². The van der Waals surface area contributed by atoms with E-state index in [2.05, 4.69) is 0 Å². The standard InChI is InChI=1S/C25H18O4/c1-2-3-8-17-18-20(24(28)15-11-6-4-9-13(15)22(18)26)21-19(17)23(27)14-10-5-7-12-16(14)25(21)29/h4-7,9-12,26H,2-3,8H2,1H3. The number of hydrogen-bond acceptors (Lipinski definition) is 4. The Balaban J connectivity index is 2.14. The Bertz CT molecular complexity index is 1500. The van der Waals surface area contributed by atoms with Gasteiger partial charge in [-0.05, 0) is 18.4 Å². The highest BCUT2D eigenvalue weighted by molar-refractivity contribution is 6.09. The molecule has 4 nitrogen and oxygen atoms in total. The minimum absolute atomic E-state index is 0.0274. The zero-order valence-corrected chi connectivity index (χ0v) is 15.9. The third-order valence-electron chi connectivity index (χ3n) is 5.90. The van der Waals surface area contributed by atoms with E-state index >= 15 is 0 Å². The molecule has 29 heavy (non-hydrogen) atoms. The number of rotatable bonds is 3. The van der Waals surface area contributed by atoms with E-state index in [0.717, 1.165) is 12.8 Å². The Kier molecular flexibility index (Phi) is 3.78. The van der Waals surface area contributed by atoms with Gasteiger partial charge >= 0.3 is 0 Å². The molecule has 5 rings (SSSR count). The second-order valence-electron chi connectivity index (χ2n) is 7.51. The molecular formula is C25H18O4. The van der Waals surface area contributed by atoms with E-state index in [1.54, 1.807) is 48.5 Å². The minimum atomic E-state index is -0.324. The number of hydrogen-bond donors (Lipinski definition) is 1. The average molecular weight is 382 g/mol. The van der Waals surface area contributed by atoms with Crippen LogP contribution in [-0.2, 0) is 6.42 Å². The summed E-state index contributed by atoms with van der Waals surface area (Å²) in [6.07, 6.45) is 2.20. The van der Waals surface area contributed by atoms with Crippen molar-refractivity contribution in [3.63, 3.8) is 0 Å². The highest BCUT2D eigenvalue weighted by atomic mass is 16.3. The topological polar surface area (TPSA) is 71.4 Å². The zero-order valence-electron chi connectivity index (χ0n) is 15.9. The summed E-state index contributed by atoms with van der Waals surface area (Å²) in [5, 5.41) is 12.6. The summed E-state index contributed by atoms with van der Waals surface area (Å²) in [7, 11) is 0. The minimum Gasteiger partial charge on any atom is -0.507 e. The highest BCUT2D eigenvalue weighted by Crippen LogP contribution is 2.47. The van der Waals surface area contributed by atoms with Crippen LogP contribution in [0.5, 0.6) is 5.75 Å². The van der Waals surface area contributed by atoms with Crippen molar-refractivity contribution in [3.05, 3.63) is 84.8 Å². The Morgan fingerprint density at radius 2 is 1.10 bits per heavy atom. The summed E-state index contributed by atoms with van der Waals surface area (Å²) in [5.74, 6) is -0.0274. The molecule has 0 amide bonds. The van der Waals surface area contributed by atoms with Crippen molar-refractivity contribution in [2.24, 2.45) is 0 Å². The number of phenolic OH excluding ortho intramolecular Hbond substituents is 1. The fourth-order valence-corrected chi connectivity index (χ4v) is 4.55. The number of unbranched alkanes of at least 4 members (excludes halogenated alkanes) is 1. The first kappa shape index (κ1) is 17.6. The molecule has 142 valence electrons. The lowest BCUT2D eigenvalue weighted by Crippen LogP contribution is -2.18. The Morgan fingerprint density at radius 3 is 1.66 bits per heavy atom. The molecule has 4 heteroatoms. The number of fused-ring (bicyclic) bond motifs is 5. The fourth-order valence-electron chi connectivity index (χ4n) is 4.55. The van der Waals surface area contributed by atoms with Crippen LogP contribution in [-0.4, -0.2) is 5.11 Å². The van der Waals surface area contributed by atoms with E-state index in [-0.39, 0.29) is 33.2 Å². The van der Waals surface area contributed by atoms with Gasteiger partial charge in [0.2, 0.25) is 0 Å². The first-order chi connectivity index (χ1) is 14.1. The van der Waals surface area contributed by atoms with Crippen LogP contribution in [0.25, 0.3) is 43.8 Å². The third kappa shape index (κ3) is 2.23. The summed E-state index contributed by atoms with van der Waals surface area (Å²) >= 11 is 0. The van der Waals surface area contributed by atoms with Crippen LogP contribution in [0.4, 0.5) is 0 Å². The van der Waals surface area contributed by atoms with Gasteiger partial charge in [-0.2, -0.15) is 0 Å². The summed E-state index contributed by atoms with van der Waals surface area (Å²) in [4.78, 5) is 40.2. The van der Waals surface area contributed by atoms with E-state index in [4.69, 9.17) is 0 Å². The molecule has 0 bridgehead atoms. The van der Waals surface area contributed by atoms with E-state index in [0.29, 0.717) is 44.7 Å². The van der Waals surface area contributed by atoms with Crippen LogP contribution < -0.4 is 16.3 Å². The van der Waals surface area contributed by atoms with Crippen molar-refractivity contribution >= 4 is 21.5 Å². The normalized spacial score (nSPS) is 11.9. The van der Waals surface area contributed by atoms with Gasteiger partial charge < -0.3 is 5.11 Å². The quantitative estimate of drug-likeness (QED) is 0.507. The summed E-state index contributed by atoms with van der Waals surface area (Å²) in [5.41, 5.74) is 0.714. The molecular weight excluding hydrogens is 364 g/mol. The largest absolute Gasteiger partial charge is 0.507 e. The van der Waals surface area contributed by atoms with Crippen LogP contribution in [0.15, 0.2) is 62.9 Å². The summed E-state index contributed by atoms with van der Waals surface area (Å²) in [6, 6.07) is 13.5. The fraction of sp³-hybridized carbons (Fsp3) is 0.160. The SMILES string of the molecule is CCCCc1c2c(O)c3ccccc3c(=O)c-2c2c(=O)c3ccccc3c(=O)c1-2. The van der Waals surface area contributed by atoms with Crippen molar-refractivity contribution in [3.8, 4) is 28.0 Å². The maximum Gasteiger partial charge on any atom is 0.195 e. The predicted octanol–water partition coefficient (Wildman–Crippen LogP) is 4.21. The van der Waals surface area contributed by atoms with Crippen molar-refractivity contribution in [2.45, 2.75) is 26.2 Å². The Morgan fingerprint density at radius 1 is 0.655 bits per heavy atom. The monoisotopic (exact) mass is 382 g/mol. The first-order valence-corrected chi connectivity index (χ1v) is 9.80. The van der Waals surface area contributed by atoms with E-state index in [1.807, 2.05) is 6.92 Å². The molecule has 2 aromatic rings. The average Bonchev–Trinajstić information content (AvgIpc) is 3.10. The lowest BCUT2D eigenvalue weighted by Gasteiger charge is -2.09. The molecule has 0 aliphatic heterocycles. The van der Waals surface area contributed by atoms with Gasteiger partial charge in [0, 0.05) is 43.8 Å². The number of phenols is 1. The molecule has 0 aromatic heterocycles. The van der Waals surface area contributed by atoms with Gasteiger partial charge in [-0.15, -0.1) is 0 Å². The lowest BCUT2D eigenvalue weighted by molar-refractivity contribution is 0.483. The number of aromatic hydroxyl groups is 1. The Hall–Kier alpha value is -3.53. The van der Waals surface area contributed by atoms with E-state index in [9.17, 15) is 19.5 Å². The molecule has 0 fully saturated rings. The predicted molar refractivity (Wildman–Crippen MR) is 116 cm³/mol. The maximum absolute atomic E-state index is 13.4. The van der Waals surface area contributed by atoms with Crippen molar-refractivity contribution in [1.29, 1.82) is 0 Å². The van der Waals surface area contributed by atoms with Gasteiger partial charge in [0.05, 0.1) is 0 Å². The van der Waals surface area contributed by atoms with Crippen LogP contribution in [0.1, 0.15) is 25.3 Å². The molecule has 0 radical (unpaired) electrons. The summed E-state index contributed by atoms with van der Waals surface area (Å²) < 4.78 is 0. The molecule has 0 heterocycles. The first-order valence-electron chi connectivity index (χ1n) is 9.80. The zero-order chi connectivity index (χ0) is 20.3. The lowest BCUT2D eigenvalue weighted by atomic mass is 9.95. The third-order valence-corrected chi connectivity index (χ3v) is 5.90. The van der Waals surface area contributed by atoms with Gasteiger partial charge in [0.1, 0.15) is 5.75 Å². The van der Waals surface area contributed by atoms with Gasteiger partial charge in [-0.1, -0.05) is 61.9 Å². The molecule has 1 N–H and O–H groups in total. The van der Waals surface area contributed by atoms with Crippen LogP contribution in [0, 0.1) is 0 Å². The molecule has 2 aromatic carbocycles. The van der Waals surface area contributed by atoms with Crippen LogP contribution in [0.2, 0.25) is 0 Å². The highest BCUT2D eigenvalue weighted by Gasteiger charge is 2.34. The Labute approximate surface area is 166 Å². The van der Waals surface area contributed by atoms with Gasteiger partial charge in [0.25, 0.3) is 0 Å². The molecule has 0 saturated carbocycles. The van der Waals surface area contributed by atoms with E-state index < -0.39 is 0 Å². The van der Waals surface area contributed by atoms with E-state index in [1.165, 1.54) is 0 Å². The summed E-state index contributed by atoms with van der Waals surface area (Å²) in [6.45, 7) is 2.04. The molecule has 0 atom stereocenters. The maximum atomic E-state index is 13.4. The smallest absolute Gasteiger partial charge is 0.195 e. The molecule has 3 aliphatic rings. The molecule has 0 saturated heterocycles. The van der Waals surface area contributed by atoms with Gasteiger partial charge in [-0.25, -0.2) is 0 Å². The number of benzene rings is 4. The van der Waals surface area contributed by atoms with Crippen LogP contribution >= 0.6 is 0 Å². The molecule has 0 unspecified atom stereocenters. The molecule has 3 aliphatic carbocycles. The van der Waals surface area contributed by atoms with Gasteiger partial charge in [-0.3, -0.25) is 14.4 Å².